The number of carbonyl (C=O) groups excluding carboxylic acids is 1. The minimum Gasteiger partial charge on any atom is -0.504 e. The Balaban J connectivity index is 2.07. The van der Waals surface area contributed by atoms with Crippen LogP contribution in [0.25, 0.3) is 0 Å². The zero-order chi connectivity index (χ0) is 17.3. The van der Waals surface area contributed by atoms with Gasteiger partial charge in [-0.2, -0.15) is 0 Å². The number of allylic oxidation sites excluding steroid dienone is 1. The first-order chi connectivity index (χ1) is 11.3. The minimum absolute atomic E-state index is 0.0502. The summed E-state index contributed by atoms with van der Waals surface area (Å²) in [6, 6.07) is 3.10. The number of carbonyl (C=O) groups is 1. The summed E-state index contributed by atoms with van der Waals surface area (Å²) >= 11 is 0. The van der Waals surface area contributed by atoms with E-state index < -0.39 is 11.0 Å². The van der Waals surface area contributed by atoms with Gasteiger partial charge >= 0.3 is 0 Å². The summed E-state index contributed by atoms with van der Waals surface area (Å²) in [5.41, 5.74) is -0.693. The summed E-state index contributed by atoms with van der Waals surface area (Å²) in [6.45, 7) is 2.79. The Hall–Kier alpha value is -1.85. The van der Waals surface area contributed by atoms with E-state index in [1.807, 2.05) is 20.0 Å². The lowest BCUT2D eigenvalue weighted by atomic mass is 9.53. The molecule has 1 heterocycles. The highest BCUT2D eigenvalue weighted by Gasteiger charge is 2.61. The second kappa shape index (κ2) is 4.83. The van der Waals surface area contributed by atoms with Crippen molar-refractivity contribution < 1.29 is 20.1 Å². The van der Waals surface area contributed by atoms with Crippen LogP contribution in [0.4, 0.5) is 0 Å². The summed E-state index contributed by atoms with van der Waals surface area (Å²) in [7, 11) is 1.99. The molecular weight excluding hydrogens is 306 g/mol. The van der Waals surface area contributed by atoms with Gasteiger partial charge in [0.15, 0.2) is 17.3 Å². The SMILES string of the molecule is C[C@H]1N(C)C[C@@H]2Cc3ccc(O)c(O)c3[C@]3(CC(=O)C=C[C@@]13O)C2. The molecule has 3 N–H and O–H groups in total. The van der Waals surface area contributed by atoms with Gasteiger partial charge in [0, 0.05) is 30.0 Å². The molecule has 0 aromatic heterocycles. The molecule has 1 aliphatic heterocycles. The van der Waals surface area contributed by atoms with E-state index in [2.05, 4.69) is 4.90 Å². The van der Waals surface area contributed by atoms with Gasteiger partial charge in [0.2, 0.25) is 0 Å². The lowest BCUT2D eigenvalue weighted by Crippen LogP contribution is -2.62. The van der Waals surface area contributed by atoms with Crippen molar-refractivity contribution in [2.45, 2.75) is 43.2 Å². The molecule has 1 fully saturated rings. The Morgan fingerprint density at radius 3 is 2.79 bits per heavy atom. The van der Waals surface area contributed by atoms with E-state index in [0.29, 0.717) is 17.9 Å². The monoisotopic (exact) mass is 329 g/mol. The highest BCUT2D eigenvalue weighted by Crippen LogP contribution is 2.58. The molecule has 4 rings (SSSR count). The molecule has 0 radical (unpaired) electrons. The second-order valence-electron chi connectivity index (χ2n) is 7.74. The minimum atomic E-state index is -1.27. The van der Waals surface area contributed by atoms with Crippen LogP contribution in [0, 0.1) is 5.92 Å². The highest BCUT2D eigenvalue weighted by atomic mass is 16.3. The number of benzene rings is 1. The fraction of sp³-hybridized carbons (Fsp3) is 0.526. The molecule has 5 heteroatoms. The van der Waals surface area contributed by atoms with E-state index in [1.165, 1.54) is 12.1 Å². The molecule has 1 spiro atoms. The number of ketones is 1. The van der Waals surface area contributed by atoms with Crippen molar-refractivity contribution in [2.75, 3.05) is 13.6 Å². The third-order valence-electron chi connectivity index (χ3n) is 6.48. The summed E-state index contributed by atoms with van der Waals surface area (Å²) in [6.07, 6.45) is 4.62. The number of rotatable bonds is 0. The molecule has 2 aliphatic carbocycles. The van der Waals surface area contributed by atoms with Gasteiger partial charge in [-0.25, -0.2) is 0 Å². The molecule has 24 heavy (non-hydrogen) atoms. The zero-order valence-corrected chi connectivity index (χ0v) is 14.0. The van der Waals surface area contributed by atoms with Crippen molar-refractivity contribution in [2.24, 2.45) is 5.92 Å². The van der Waals surface area contributed by atoms with Crippen molar-refractivity contribution in [1.82, 2.24) is 4.90 Å². The van der Waals surface area contributed by atoms with Crippen molar-refractivity contribution in [1.29, 1.82) is 0 Å². The topological polar surface area (TPSA) is 81.0 Å². The van der Waals surface area contributed by atoms with E-state index in [4.69, 9.17) is 0 Å². The first-order valence-corrected chi connectivity index (χ1v) is 8.47. The molecule has 0 saturated carbocycles. The smallest absolute Gasteiger partial charge is 0.161 e. The van der Waals surface area contributed by atoms with Crippen LogP contribution in [0.15, 0.2) is 24.3 Å². The number of hydrogen-bond donors (Lipinski definition) is 3. The quantitative estimate of drug-likeness (QED) is 0.629. The number of fused-ring (bicyclic) bond motifs is 2. The van der Waals surface area contributed by atoms with Crippen LogP contribution in [0.1, 0.15) is 30.9 Å². The normalized spacial score (nSPS) is 38.4. The third kappa shape index (κ3) is 1.80. The Labute approximate surface area is 141 Å². The van der Waals surface area contributed by atoms with Gasteiger partial charge < -0.3 is 20.2 Å². The van der Waals surface area contributed by atoms with E-state index in [0.717, 1.165) is 18.5 Å². The molecule has 1 aromatic rings. The Morgan fingerprint density at radius 1 is 1.29 bits per heavy atom. The Kier molecular flexibility index (Phi) is 3.15. The fourth-order valence-corrected chi connectivity index (χ4v) is 5.28. The van der Waals surface area contributed by atoms with Crippen LogP contribution in [-0.2, 0) is 16.6 Å². The van der Waals surface area contributed by atoms with Crippen LogP contribution in [0.2, 0.25) is 0 Å². The van der Waals surface area contributed by atoms with Gasteiger partial charge in [-0.15, -0.1) is 0 Å². The maximum absolute atomic E-state index is 12.3. The molecular formula is C19H23NO4. The van der Waals surface area contributed by atoms with E-state index in [-0.39, 0.29) is 29.7 Å². The van der Waals surface area contributed by atoms with E-state index in [9.17, 15) is 20.1 Å². The standard InChI is InChI=1S/C19H23NO4/c1-11-19(24)6-5-14(21)9-18(19)8-12(10-20(11)2)7-13-3-4-15(22)17(23)16(13)18/h3-6,11-12,22-24H,7-10H2,1-2H3/t11-,12-,18-,19-/m1/s1. The van der Waals surface area contributed by atoms with E-state index in [1.54, 1.807) is 6.08 Å². The highest BCUT2D eigenvalue weighted by molar-refractivity contribution is 5.93. The maximum atomic E-state index is 12.3. The molecule has 1 saturated heterocycles. The van der Waals surface area contributed by atoms with Crippen LogP contribution in [0.5, 0.6) is 11.5 Å². The van der Waals surface area contributed by atoms with Gasteiger partial charge in [-0.05, 0) is 56.5 Å². The van der Waals surface area contributed by atoms with Crippen LogP contribution in [0.3, 0.4) is 0 Å². The van der Waals surface area contributed by atoms with Crippen molar-refractivity contribution >= 4 is 5.78 Å². The average Bonchev–Trinajstić information content (AvgIpc) is 2.59. The molecule has 5 nitrogen and oxygen atoms in total. The molecule has 0 unspecified atom stereocenters. The second-order valence-corrected chi connectivity index (χ2v) is 7.74. The van der Waals surface area contributed by atoms with Crippen molar-refractivity contribution in [3.05, 3.63) is 35.4 Å². The predicted octanol–water partition coefficient (Wildman–Crippen LogP) is 1.49. The zero-order valence-electron chi connectivity index (χ0n) is 14.0. The molecule has 0 amide bonds. The number of phenols is 2. The van der Waals surface area contributed by atoms with Gasteiger partial charge in [0.05, 0.1) is 0 Å². The van der Waals surface area contributed by atoms with Gasteiger partial charge in [-0.3, -0.25) is 4.79 Å². The molecule has 1 aromatic carbocycles. The number of hydrogen-bond acceptors (Lipinski definition) is 5. The van der Waals surface area contributed by atoms with Gasteiger partial charge in [-0.1, -0.05) is 6.07 Å². The molecule has 128 valence electrons. The largest absolute Gasteiger partial charge is 0.504 e. The summed E-state index contributed by atoms with van der Waals surface area (Å²) < 4.78 is 0. The number of nitrogens with zero attached hydrogens (tertiary/aromatic N) is 1. The lowest BCUT2D eigenvalue weighted by Gasteiger charge is -2.53. The first-order valence-electron chi connectivity index (χ1n) is 8.47. The number of aromatic hydroxyl groups is 2. The number of likely N-dealkylation sites (N-methyl/N-ethyl adjacent to an activating group) is 1. The molecule has 4 atom stereocenters. The summed E-state index contributed by atoms with van der Waals surface area (Å²) in [5, 5.41) is 32.4. The van der Waals surface area contributed by atoms with Crippen LogP contribution >= 0.6 is 0 Å². The number of likely N-dealkylation sites (tertiary alicyclic amines) is 1. The summed E-state index contributed by atoms with van der Waals surface area (Å²) in [4.78, 5) is 14.4. The van der Waals surface area contributed by atoms with Crippen molar-refractivity contribution in [3.63, 3.8) is 0 Å². The average molecular weight is 329 g/mol. The van der Waals surface area contributed by atoms with E-state index >= 15 is 0 Å². The third-order valence-corrected chi connectivity index (χ3v) is 6.48. The Bertz CT molecular complexity index is 758. The maximum Gasteiger partial charge on any atom is 0.161 e. The van der Waals surface area contributed by atoms with Crippen LogP contribution in [-0.4, -0.2) is 51.2 Å². The predicted molar refractivity (Wildman–Crippen MR) is 89.1 cm³/mol. The fourth-order valence-electron chi connectivity index (χ4n) is 5.28. The van der Waals surface area contributed by atoms with Gasteiger partial charge in [0.25, 0.3) is 0 Å². The van der Waals surface area contributed by atoms with Crippen LogP contribution < -0.4 is 0 Å². The lowest BCUT2D eigenvalue weighted by molar-refractivity contribution is -0.123. The first kappa shape index (κ1) is 15.7. The molecule has 3 aliphatic rings. The Morgan fingerprint density at radius 2 is 2.04 bits per heavy atom. The van der Waals surface area contributed by atoms with Gasteiger partial charge in [0.1, 0.15) is 5.60 Å². The van der Waals surface area contributed by atoms with Crippen molar-refractivity contribution in [3.8, 4) is 11.5 Å². The number of phenolic OH excluding ortho intramolecular Hbond substituents is 2. The summed E-state index contributed by atoms with van der Waals surface area (Å²) in [5.74, 6) is -0.145. The number of aliphatic hydroxyl groups is 1. The molecule has 2 bridgehead atoms.